The SMILES string of the molecule is CSc1cccc(N2CCNC(Cc3ccccc3)C2)c1. The number of piperazine rings is 1. The van der Waals surface area contributed by atoms with Crippen molar-refractivity contribution < 1.29 is 0 Å². The van der Waals surface area contributed by atoms with Gasteiger partial charge in [0.2, 0.25) is 0 Å². The molecule has 0 spiro atoms. The van der Waals surface area contributed by atoms with Gasteiger partial charge in [0.05, 0.1) is 0 Å². The number of hydrogen-bond donors (Lipinski definition) is 1. The first kappa shape index (κ1) is 14.5. The highest BCUT2D eigenvalue weighted by molar-refractivity contribution is 7.98. The van der Waals surface area contributed by atoms with Crippen LogP contribution in [0.4, 0.5) is 5.69 Å². The van der Waals surface area contributed by atoms with Gasteiger partial charge in [0, 0.05) is 36.3 Å². The summed E-state index contributed by atoms with van der Waals surface area (Å²) in [5.41, 5.74) is 2.76. The molecule has 1 saturated heterocycles. The van der Waals surface area contributed by atoms with E-state index in [1.54, 1.807) is 0 Å². The Morgan fingerprint density at radius 3 is 2.81 bits per heavy atom. The number of nitrogens with zero attached hydrogens (tertiary/aromatic N) is 1. The molecule has 1 aliphatic heterocycles. The van der Waals surface area contributed by atoms with Crippen LogP contribution in [0.2, 0.25) is 0 Å². The van der Waals surface area contributed by atoms with Crippen molar-refractivity contribution in [3.05, 3.63) is 60.2 Å². The number of thioether (sulfide) groups is 1. The minimum atomic E-state index is 0.527. The first-order chi connectivity index (χ1) is 10.3. The Morgan fingerprint density at radius 2 is 2.00 bits per heavy atom. The third kappa shape index (κ3) is 3.80. The highest BCUT2D eigenvalue weighted by atomic mass is 32.2. The Kier molecular flexibility index (Phi) is 4.84. The molecule has 21 heavy (non-hydrogen) atoms. The van der Waals surface area contributed by atoms with Crippen molar-refractivity contribution in [2.24, 2.45) is 0 Å². The van der Waals surface area contributed by atoms with Crippen molar-refractivity contribution in [3.63, 3.8) is 0 Å². The van der Waals surface area contributed by atoms with Gasteiger partial charge in [-0.3, -0.25) is 0 Å². The fraction of sp³-hybridized carbons (Fsp3) is 0.333. The summed E-state index contributed by atoms with van der Waals surface area (Å²) in [5.74, 6) is 0. The number of rotatable bonds is 4. The average Bonchev–Trinajstić information content (AvgIpc) is 2.56. The van der Waals surface area contributed by atoms with E-state index in [9.17, 15) is 0 Å². The fourth-order valence-electron chi connectivity index (χ4n) is 2.90. The molecule has 1 unspecified atom stereocenters. The molecular weight excluding hydrogens is 276 g/mol. The molecule has 0 bridgehead atoms. The van der Waals surface area contributed by atoms with Gasteiger partial charge in [0.15, 0.2) is 0 Å². The highest BCUT2D eigenvalue weighted by Crippen LogP contribution is 2.23. The van der Waals surface area contributed by atoms with Crippen LogP contribution in [0, 0.1) is 0 Å². The average molecular weight is 298 g/mol. The van der Waals surface area contributed by atoms with Crippen LogP contribution in [0.15, 0.2) is 59.5 Å². The van der Waals surface area contributed by atoms with E-state index in [0.29, 0.717) is 6.04 Å². The van der Waals surface area contributed by atoms with Gasteiger partial charge in [-0.05, 0) is 36.4 Å². The molecule has 3 rings (SSSR count). The topological polar surface area (TPSA) is 15.3 Å². The number of nitrogens with one attached hydrogen (secondary N) is 1. The molecule has 1 aliphatic rings. The molecule has 2 aromatic rings. The van der Waals surface area contributed by atoms with Gasteiger partial charge >= 0.3 is 0 Å². The maximum absolute atomic E-state index is 3.65. The molecule has 1 atom stereocenters. The molecule has 2 nitrogen and oxygen atoms in total. The van der Waals surface area contributed by atoms with Crippen LogP contribution in [0.25, 0.3) is 0 Å². The minimum Gasteiger partial charge on any atom is -0.369 e. The van der Waals surface area contributed by atoms with E-state index in [0.717, 1.165) is 26.1 Å². The lowest BCUT2D eigenvalue weighted by molar-refractivity contribution is 0.454. The van der Waals surface area contributed by atoms with Crippen molar-refractivity contribution in [3.8, 4) is 0 Å². The first-order valence-corrected chi connectivity index (χ1v) is 8.74. The Morgan fingerprint density at radius 1 is 1.14 bits per heavy atom. The van der Waals surface area contributed by atoms with E-state index in [-0.39, 0.29) is 0 Å². The molecule has 3 heteroatoms. The Balaban J connectivity index is 1.67. The van der Waals surface area contributed by atoms with Gasteiger partial charge < -0.3 is 10.2 Å². The quantitative estimate of drug-likeness (QED) is 0.871. The van der Waals surface area contributed by atoms with Crippen LogP contribution < -0.4 is 10.2 Å². The summed E-state index contributed by atoms with van der Waals surface area (Å²) in [4.78, 5) is 3.84. The molecule has 1 heterocycles. The lowest BCUT2D eigenvalue weighted by atomic mass is 10.0. The van der Waals surface area contributed by atoms with Crippen molar-refractivity contribution in [2.45, 2.75) is 17.4 Å². The van der Waals surface area contributed by atoms with Crippen molar-refractivity contribution in [1.82, 2.24) is 5.32 Å². The summed E-state index contributed by atoms with van der Waals surface area (Å²) in [5, 5.41) is 3.65. The molecule has 2 aromatic carbocycles. The molecule has 0 aliphatic carbocycles. The van der Waals surface area contributed by atoms with Crippen LogP contribution in [0.3, 0.4) is 0 Å². The van der Waals surface area contributed by atoms with Crippen LogP contribution in [-0.4, -0.2) is 31.9 Å². The summed E-state index contributed by atoms with van der Waals surface area (Å²) < 4.78 is 0. The zero-order valence-corrected chi connectivity index (χ0v) is 13.3. The zero-order valence-electron chi connectivity index (χ0n) is 12.5. The van der Waals surface area contributed by atoms with Crippen LogP contribution in [0.1, 0.15) is 5.56 Å². The number of anilines is 1. The molecule has 0 amide bonds. The molecule has 1 fully saturated rings. The van der Waals surface area contributed by atoms with Crippen LogP contribution in [0.5, 0.6) is 0 Å². The molecule has 1 N–H and O–H groups in total. The van der Waals surface area contributed by atoms with E-state index < -0.39 is 0 Å². The molecule has 110 valence electrons. The first-order valence-electron chi connectivity index (χ1n) is 7.51. The second-order valence-electron chi connectivity index (χ2n) is 5.49. The Labute approximate surface area is 131 Å². The van der Waals surface area contributed by atoms with E-state index >= 15 is 0 Å². The predicted molar refractivity (Wildman–Crippen MR) is 92.4 cm³/mol. The van der Waals surface area contributed by atoms with Gasteiger partial charge in [0.25, 0.3) is 0 Å². The monoisotopic (exact) mass is 298 g/mol. The maximum Gasteiger partial charge on any atom is 0.0378 e. The number of hydrogen-bond acceptors (Lipinski definition) is 3. The lowest BCUT2D eigenvalue weighted by Gasteiger charge is -2.35. The predicted octanol–water partition coefficient (Wildman–Crippen LogP) is 3.43. The summed E-state index contributed by atoms with van der Waals surface area (Å²) in [6.45, 7) is 3.22. The van der Waals surface area contributed by atoms with Crippen molar-refractivity contribution in [1.29, 1.82) is 0 Å². The van der Waals surface area contributed by atoms with E-state index in [2.05, 4.69) is 71.1 Å². The van der Waals surface area contributed by atoms with Gasteiger partial charge in [0.1, 0.15) is 0 Å². The molecular formula is C18H22N2S. The fourth-order valence-corrected chi connectivity index (χ4v) is 3.36. The summed E-state index contributed by atoms with van der Waals surface area (Å²) >= 11 is 1.81. The van der Waals surface area contributed by atoms with E-state index in [1.807, 2.05) is 11.8 Å². The minimum absolute atomic E-state index is 0.527. The Hall–Kier alpha value is -1.45. The molecule has 0 saturated carbocycles. The lowest BCUT2D eigenvalue weighted by Crippen LogP contribution is -2.51. The van der Waals surface area contributed by atoms with Crippen molar-refractivity contribution >= 4 is 17.4 Å². The van der Waals surface area contributed by atoms with Crippen molar-refractivity contribution in [2.75, 3.05) is 30.8 Å². The van der Waals surface area contributed by atoms with E-state index in [4.69, 9.17) is 0 Å². The molecule has 0 aromatic heterocycles. The number of benzene rings is 2. The Bertz CT molecular complexity index is 570. The van der Waals surface area contributed by atoms with Gasteiger partial charge in [-0.25, -0.2) is 0 Å². The largest absolute Gasteiger partial charge is 0.369 e. The summed E-state index contributed by atoms with van der Waals surface area (Å²) in [6, 6.07) is 20.2. The standard InChI is InChI=1S/C18H22N2S/c1-21-18-9-5-8-17(13-18)20-11-10-19-16(14-20)12-15-6-3-2-4-7-15/h2-9,13,16,19H,10-12,14H2,1H3. The van der Waals surface area contributed by atoms with Gasteiger partial charge in [-0.15, -0.1) is 11.8 Å². The zero-order chi connectivity index (χ0) is 14.5. The van der Waals surface area contributed by atoms with Gasteiger partial charge in [-0.2, -0.15) is 0 Å². The van der Waals surface area contributed by atoms with E-state index in [1.165, 1.54) is 16.1 Å². The maximum atomic E-state index is 3.65. The summed E-state index contributed by atoms with van der Waals surface area (Å²) in [7, 11) is 0. The van der Waals surface area contributed by atoms with Crippen LogP contribution in [-0.2, 0) is 6.42 Å². The third-order valence-electron chi connectivity index (χ3n) is 4.00. The smallest absolute Gasteiger partial charge is 0.0378 e. The van der Waals surface area contributed by atoms with Gasteiger partial charge in [-0.1, -0.05) is 36.4 Å². The van der Waals surface area contributed by atoms with Crippen LogP contribution >= 0.6 is 11.8 Å². The second-order valence-corrected chi connectivity index (χ2v) is 6.37. The molecule has 0 radical (unpaired) electrons. The second kappa shape index (κ2) is 7.01. The summed E-state index contributed by atoms with van der Waals surface area (Å²) in [6.07, 6.45) is 3.23. The highest BCUT2D eigenvalue weighted by Gasteiger charge is 2.19. The third-order valence-corrected chi connectivity index (χ3v) is 4.72. The normalized spacial score (nSPS) is 18.7.